The Labute approximate surface area is 177 Å². The van der Waals surface area contributed by atoms with Gasteiger partial charge in [0.05, 0.1) is 11.2 Å². The fraction of sp³-hybridized carbons (Fsp3) is 0.391. The SMILES string of the molecule is C/C(CC(C)(C)O)=N/NC(=O)c1ccncc1.CC(C)(C)c1ccc(C(=O)O)cc1. The highest BCUT2D eigenvalue weighted by Gasteiger charge is 2.14. The Bertz CT molecular complexity index is 862. The predicted molar refractivity (Wildman–Crippen MR) is 118 cm³/mol. The van der Waals surface area contributed by atoms with Crippen LogP contribution in [0.4, 0.5) is 0 Å². The van der Waals surface area contributed by atoms with E-state index in [0.717, 1.165) is 5.56 Å². The minimum Gasteiger partial charge on any atom is -0.478 e. The summed E-state index contributed by atoms with van der Waals surface area (Å²) in [5.74, 6) is -1.16. The Morgan fingerprint density at radius 1 is 0.967 bits per heavy atom. The lowest BCUT2D eigenvalue weighted by Crippen LogP contribution is -2.25. The van der Waals surface area contributed by atoms with Crippen molar-refractivity contribution in [2.75, 3.05) is 0 Å². The monoisotopic (exact) mass is 413 g/mol. The number of nitrogens with zero attached hydrogens (tertiary/aromatic N) is 2. The number of aromatic carboxylic acids is 1. The number of carbonyl (C=O) groups excluding carboxylic acids is 1. The average molecular weight is 414 g/mol. The van der Waals surface area contributed by atoms with Gasteiger partial charge in [0.2, 0.25) is 0 Å². The summed E-state index contributed by atoms with van der Waals surface area (Å²) in [7, 11) is 0. The zero-order valence-electron chi connectivity index (χ0n) is 18.4. The number of benzene rings is 1. The van der Waals surface area contributed by atoms with E-state index in [1.165, 1.54) is 0 Å². The summed E-state index contributed by atoms with van der Waals surface area (Å²) in [6.45, 7) is 11.4. The molecule has 0 saturated heterocycles. The Morgan fingerprint density at radius 3 is 1.93 bits per heavy atom. The highest BCUT2D eigenvalue weighted by Crippen LogP contribution is 2.22. The summed E-state index contributed by atoms with van der Waals surface area (Å²) in [6, 6.07) is 10.2. The van der Waals surface area contributed by atoms with Crippen molar-refractivity contribution in [3.63, 3.8) is 0 Å². The van der Waals surface area contributed by atoms with Crippen molar-refractivity contribution < 1.29 is 19.8 Å². The third-order valence-corrected chi connectivity index (χ3v) is 3.98. The van der Waals surface area contributed by atoms with Crippen LogP contribution in [0.25, 0.3) is 0 Å². The quantitative estimate of drug-likeness (QED) is 0.506. The van der Waals surface area contributed by atoms with Crippen LogP contribution in [0, 0.1) is 0 Å². The van der Waals surface area contributed by atoms with E-state index in [2.05, 4.69) is 36.3 Å². The maximum atomic E-state index is 11.6. The molecule has 0 bridgehead atoms. The molecule has 7 nitrogen and oxygen atoms in total. The second kappa shape index (κ2) is 10.6. The average Bonchev–Trinajstić information content (AvgIpc) is 2.65. The lowest BCUT2D eigenvalue weighted by Gasteiger charge is -2.18. The van der Waals surface area contributed by atoms with Gasteiger partial charge in [-0.25, -0.2) is 10.2 Å². The Hall–Kier alpha value is -3.06. The molecule has 2 aromatic rings. The topological polar surface area (TPSA) is 112 Å². The van der Waals surface area contributed by atoms with Gasteiger partial charge >= 0.3 is 5.97 Å². The molecule has 0 aliphatic heterocycles. The van der Waals surface area contributed by atoms with Crippen LogP contribution in [0.5, 0.6) is 0 Å². The molecule has 0 radical (unpaired) electrons. The number of hydrogen-bond donors (Lipinski definition) is 3. The van der Waals surface area contributed by atoms with E-state index in [1.807, 2.05) is 12.1 Å². The summed E-state index contributed by atoms with van der Waals surface area (Å²) in [4.78, 5) is 26.0. The first kappa shape index (κ1) is 25.0. The van der Waals surface area contributed by atoms with Crippen molar-refractivity contribution in [2.45, 2.75) is 59.0 Å². The number of carbonyl (C=O) groups is 2. The first-order chi connectivity index (χ1) is 13.8. The number of rotatable bonds is 5. The first-order valence-corrected chi connectivity index (χ1v) is 9.59. The van der Waals surface area contributed by atoms with Crippen molar-refractivity contribution in [1.29, 1.82) is 0 Å². The molecule has 0 unspecified atom stereocenters. The van der Waals surface area contributed by atoms with Crippen LogP contribution in [-0.4, -0.2) is 38.4 Å². The standard InChI is InChI=1S/C12H17N3O2.C11H14O2/c1-9(8-12(2,3)17)14-15-11(16)10-4-6-13-7-5-10;1-11(2,3)9-6-4-8(5-7-9)10(12)13/h4-7,17H,8H2,1-3H3,(H,15,16);4-7H,1-3H3,(H,12,13)/b14-9-;. The normalized spacial score (nSPS) is 11.9. The molecule has 1 aromatic carbocycles. The predicted octanol–water partition coefficient (Wildman–Crippen LogP) is 4.03. The highest BCUT2D eigenvalue weighted by molar-refractivity contribution is 5.95. The number of carboxylic acid groups (broad SMARTS) is 1. The zero-order valence-corrected chi connectivity index (χ0v) is 18.4. The largest absolute Gasteiger partial charge is 0.478 e. The minimum atomic E-state index is -0.875. The fourth-order valence-electron chi connectivity index (χ4n) is 2.49. The van der Waals surface area contributed by atoms with Crippen LogP contribution in [0.3, 0.4) is 0 Å². The molecule has 0 saturated carbocycles. The number of amides is 1. The molecule has 0 spiro atoms. The molecule has 1 amide bonds. The van der Waals surface area contributed by atoms with Crippen molar-refractivity contribution in [2.24, 2.45) is 5.10 Å². The number of nitrogens with one attached hydrogen (secondary N) is 1. The lowest BCUT2D eigenvalue weighted by molar-refractivity contribution is 0.0696. The molecular weight excluding hydrogens is 382 g/mol. The van der Waals surface area contributed by atoms with Gasteiger partial charge in [-0.05, 0) is 56.0 Å². The second-order valence-electron chi connectivity index (χ2n) is 8.65. The smallest absolute Gasteiger partial charge is 0.335 e. The molecule has 0 aliphatic rings. The Kier molecular flexibility index (Phi) is 8.86. The van der Waals surface area contributed by atoms with E-state index in [0.29, 0.717) is 23.3 Å². The van der Waals surface area contributed by atoms with Gasteiger partial charge in [-0.2, -0.15) is 5.10 Å². The molecule has 1 aromatic heterocycles. The maximum absolute atomic E-state index is 11.6. The van der Waals surface area contributed by atoms with Gasteiger partial charge in [0.15, 0.2) is 0 Å². The van der Waals surface area contributed by atoms with Crippen LogP contribution in [0.2, 0.25) is 0 Å². The van der Waals surface area contributed by atoms with E-state index in [-0.39, 0.29) is 11.3 Å². The first-order valence-electron chi connectivity index (χ1n) is 9.59. The fourth-order valence-corrected chi connectivity index (χ4v) is 2.49. The molecule has 0 fully saturated rings. The molecule has 30 heavy (non-hydrogen) atoms. The number of aliphatic hydroxyl groups is 1. The van der Waals surface area contributed by atoms with Gasteiger partial charge in [0.1, 0.15) is 0 Å². The minimum absolute atomic E-state index is 0.0804. The number of hydrazone groups is 1. The summed E-state index contributed by atoms with van der Waals surface area (Å²) < 4.78 is 0. The Balaban J connectivity index is 0.000000311. The van der Waals surface area contributed by atoms with Crippen LogP contribution in [0.1, 0.15) is 74.2 Å². The van der Waals surface area contributed by atoms with Gasteiger partial charge in [0, 0.05) is 30.1 Å². The molecule has 0 aliphatic carbocycles. The summed E-state index contributed by atoms with van der Waals surface area (Å²) >= 11 is 0. The molecular formula is C23H31N3O4. The second-order valence-corrected chi connectivity index (χ2v) is 8.65. The third-order valence-electron chi connectivity index (χ3n) is 3.98. The summed E-state index contributed by atoms with van der Waals surface area (Å²) in [6.07, 6.45) is 3.49. The number of hydrogen-bond acceptors (Lipinski definition) is 5. The van der Waals surface area contributed by atoms with E-state index in [9.17, 15) is 14.7 Å². The van der Waals surface area contributed by atoms with Gasteiger partial charge in [-0.1, -0.05) is 32.9 Å². The van der Waals surface area contributed by atoms with E-state index >= 15 is 0 Å². The van der Waals surface area contributed by atoms with Crippen LogP contribution in [-0.2, 0) is 5.41 Å². The van der Waals surface area contributed by atoms with Crippen LogP contribution >= 0.6 is 0 Å². The Morgan fingerprint density at radius 2 is 1.50 bits per heavy atom. The van der Waals surface area contributed by atoms with E-state index < -0.39 is 11.6 Å². The molecule has 3 N–H and O–H groups in total. The van der Waals surface area contributed by atoms with E-state index in [4.69, 9.17) is 5.11 Å². The highest BCUT2D eigenvalue weighted by atomic mass is 16.4. The number of aromatic nitrogens is 1. The van der Waals surface area contributed by atoms with Crippen molar-refractivity contribution >= 4 is 17.6 Å². The summed E-state index contributed by atoms with van der Waals surface area (Å²) in [5.41, 5.74) is 4.35. The molecule has 0 atom stereocenters. The van der Waals surface area contributed by atoms with Gasteiger partial charge in [-0.3, -0.25) is 9.78 Å². The maximum Gasteiger partial charge on any atom is 0.335 e. The molecule has 2 rings (SSSR count). The van der Waals surface area contributed by atoms with Gasteiger partial charge in [0.25, 0.3) is 5.91 Å². The van der Waals surface area contributed by atoms with Crippen LogP contribution in [0.15, 0.2) is 53.9 Å². The number of pyridine rings is 1. The van der Waals surface area contributed by atoms with Crippen molar-refractivity contribution in [1.82, 2.24) is 10.4 Å². The van der Waals surface area contributed by atoms with Crippen molar-refractivity contribution in [3.8, 4) is 0 Å². The number of carboxylic acids is 1. The summed E-state index contributed by atoms with van der Waals surface area (Å²) in [5, 5.41) is 22.2. The zero-order chi connectivity index (χ0) is 22.9. The third kappa shape index (κ3) is 9.43. The molecule has 7 heteroatoms. The molecule has 1 heterocycles. The van der Waals surface area contributed by atoms with Crippen molar-refractivity contribution in [3.05, 3.63) is 65.5 Å². The van der Waals surface area contributed by atoms with Gasteiger partial charge in [-0.15, -0.1) is 0 Å². The van der Waals surface area contributed by atoms with E-state index in [1.54, 1.807) is 57.4 Å². The lowest BCUT2D eigenvalue weighted by atomic mass is 9.87. The molecule has 162 valence electrons. The van der Waals surface area contributed by atoms with Gasteiger partial charge < -0.3 is 10.2 Å². The van der Waals surface area contributed by atoms with Crippen LogP contribution < -0.4 is 5.43 Å².